The van der Waals surface area contributed by atoms with Crippen molar-refractivity contribution in [2.75, 3.05) is 50.1 Å². The van der Waals surface area contributed by atoms with E-state index < -0.39 is 0 Å². The average Bonchev–Trinajstić information content (AvgIpc) is 2.68. The van der Waals surface area contributed by atoms with E-state index in [0.717, 1.165) is 37.6 Å². The second-order valence-electron chi connectivity index (χ2n) is 7.37. The minimum absolute atomic E-state index is 0.00189. The maximum absolute atomic E-state index is 12.4. The highest BCUT2D eigenvalue weighted by atomic mass is 16.5. The third-order valence-electron chi connectivity index (χ3n) is 4.94. The fraction of sp³-hybridized carbons (Fsp3) is 0.409. The van der Waals surface area contributed by atoms with Crippen LogP contribution in [-0.4, -0.2) is 50.6 Å². The van der Waals surface area contributed by atoms with Crippen LogP contribution >= 0.6 is 0 Å². The van der Waals surface area contributed by atoms with E-state index in [4.69, 9.17) is 4.74 Å². The van der Waals surface area contributed by atoms with Gasteiger partial charge in [-0.05, 0) is 42.8 Å². The van der Waals surface area contributed by atoms with E-state index in [1.807, 2.05) is 42.5 Å². The number of para-hydroxylation sites is 2. The molecule has 1 aliphatic rings. The highest BCUT2D eigenvalue weighted by molar-refractivity contribution is 5.95. The summed E-state index contributed by atoms with van der Waals surface area (Å²) in [6.45, 7) is 8.28. The SMILES string of the molecule is CC(C)c1ccc(OCC(=O)Nc2ccccc2N2CCN(C)CC2)cc1. The monoisotopic (exact) mass is 367 g/mol. The average molecular weight is 367 g/mol. The van der Waals surface area contributed by atoms with E-state index in [9.17, 15) is 4.79 Å². The Kier molecular flexibility index (Phi) is 6.35. The Labute approximate surface area is 161 Å². The zero-order chi connectivity index (χ0) is 19.2. The molecule has 5 heteroatoms. The molecule has 0 bridgehead atoms. The summed E-state index contributed by atoms with van der Waals surface area (Å²) in [5.74, 6) is 1.04. The van der Waals surface area contributed by atoms with Gasteiger partial charge in [0.2, 0.25) is 0 Å². The molecule has 3 rings (SSSR count). The predicted molar refractivity (Wildman–Crippen MR) is 111 cm³/mol. The van der Waals surface area contributed by atoms with Crippen LogP contribution in [-0.2, 0) is 4.79 Å². The van der Waals surface area contributed by atoms with Crippen LogP contribution in [0.25, 0.3) is 0 Å². The number of hydrogen-bond donors (Lipinski definition) is 1. The van der Waals surface area contributed by atoms with Gasteiger partial charge >= 0.3 is 0 Å². The summed E-state index contributed by atoms with van der Waals surface area (Å²) in [6, 6.07) is 15.9. The summed E-state index contributed by atoms with van der Waals surface area (Å²) in [4.78, 5) is 17.0. The lowest BCUT2D eigenvalue weighted by molar-refractivity contribution is -0.118. The van der Waals surface area contributed by atoms with Crippen LogP contribution in [0.1, 0.15) is 25.3 Å². The molecule has 5 nitrogen and oxygen atoms in total. The number of nitrogens with zero attached hydrogens (tertiary/aromatic N) is 2. The van der Waals surface area contributed by atoms with Crippen molar-refractivity contribution in [3.8, 4) is 5.75 Å². The van der Waals surface area contributed by atoms with Gasteiger partial charge in [-0.3, -0.25) is 4.79 Å². The standard InChI is InChI=1S/C22H29N3O2/c1-17(2)18-8-10-19(11-9-18)27-16-22(26)23-20-6-4-5-7-21(20)25-14-12-24(3)13-15-25/h4-11,17H,12-16H2,1-3H3,(H,23,26). The van der Waals surface area contributed by atoms with E-state index in [-0.39, 0.29) is 12.5 Å². The number of likely N-dealkylation sites (N-methyl/N-ethyl adjacent to an activating group) is 1. The van der Waals surface area contributed by atoms with E-state index in [2.05, 4.69) is 42.1 Å². The molecule has 1 fully saturated rings. The number of amides is 1. The van der Waals surface area contributed by atoms with Gasteiger partial charge < -0.3 is 19.9 Å². The third kappa shape index (κ3) is 5.23. The summed E-state index contributed by atoms with van der Waals surface area (Å²) in [7, 11) is 2.13. The number of hydrogen-bond acceptors (Lipinski definition) is 4. The van der Waals surface area contributed by atoms with Crippen molar-refractivity contribution in [1.82, 2.24) is 4.90 Å². The van der Waals surface area contributed by atoms with Gasteiger partial charge in [0, 0.05) is 26.2 Å². The number of carbonyl (C=O) groups is 1. The normalized spacial score (nSPS) is 15.0. The van der Waals surface area contributed by atoms with Crippen LogP contribution < -0.4 is 15.0 Å². The predicted octanol–water partition coefficient (Wildman–Crippen LogP) is 3.58. The molecular formula is C22H29N3O2. The van der Waals surface area contributed by atoms with Gasteiger partial charge in [0.15, 0.2) is 6.61 Å². The molecule has 0 unspecified atom stereocenters. The third-order valence-corrected chi connectivity index (χ3v) is 4.94. The lowest BCUT2D eigenvalue weighted by atomic mass is 10.0. The number of benzene rings is 2. The lowest BCUT2D eigenvalue weighted by Crippen LogP contribution is -2.44. The number of carbonyl (C=O) groups excluding carboxylic acids is 1. The molecule has 0 aromatic heterocycles. The van der Waals surface area contributed by atoms with Crippen LogP contribution in [0.4, 0.5) is 11.4 Å². The lowest BCUT2D eigenvalue weighted by Gasteiger charge is -2.35. The quantitative estimate of drug-likeness (QED) is 0.848. The Bertz CT molecular complexity index is 750. The van der Waals surface area contributed by atoms with Gasteiger partial charge in [-0.15, -0.1) is 0 Å². The van der Waals surface area contributed by atoms with Crippen molar-refractivity contribution >= 4 is 17.3 Å². The molecule has 0 radical (unpaired) electrons. The number of anilines is 2. The van der Waals surface area contributed by atoms with Gasteiger partial charge in [-0.1, -0.05) is 38.1 Å². The Morgan fingerprint density at radius 2 is 1.70 bits per heavy atom. The minimum atomic E-state index is -0.149. The van der Waals surface area contributed by atoms with Crippen LogP contribution in [0, 0.1) is 0 Å². The first-order valence-electron chi connectivity index (χ1n) is 9.58. The molecule has 2 aromatic carbocycles. The van der Waals surface area contributed by atoms with Crippen LogP contribution in [0.5, 0.6) is 5.75 Å². The van der Waals surface area contributed by atoms with Gasteiger partial charge in [0.05, 0.1) is 11.4 Å². The summed E-state index contributed by atoms with van der Waals surface area (Å²) >= 11 is 0. The fourth-order valence-electron chi connectivity index (χ4n) is 3.19. The molecule has 2 aromatic rings. The highest BCUT2D eigenvalue weighted by Crippen LogP contribution is 2.26. The smallest absolute Gasteiger partial charge is 0.262 e. The first kappa shape index (κ1) is 19.2. The molecule has 27 heavy (non-hydrogen) atoms. The molecular weight excluding hydrogens is 338 g/mol. The van der Waals surface area contributed by atoms with E-state index in [1.165, 1.54) is 5.56 Å². The van der Waals surface area contributed by atoms with Crippen LogP contribution in [0.3, 0.4) is 0 Å². The summed E-state index contributed by atoms with van der Waals surface area (Å²) in [6.07, 6.45) is 0. The number of nitrogens with one attached hydrogen (secondary N) is 1. The number of rotatable bonds is 6. The summed E-state index contributed by atoms with van der Waals surface area (Å²) in [5, 5.41) is 3.00. The Morgan fingerprint density at radius 3 is 2.37 bits per heavy atom. The van der Waals surface area contributed by atoms with Gasteiger partial charge in [-0.2, -0.15) is 0 Å². The molecule has 144 valence electrons. The van der Waals surface area contributed by atoms with Gasteiger partial charge in [0.25, 0.3) is 5.91 Å². The Morgan fingerprint density at radius 1 is 1.04 bits per heavy atom. The second kappa shape index (κ2) is 8.91. The van der Waals surface area contributed by atoms with E-state index in [0.29, 0.717) is 11.7 Å². The van der Waals surface area contributed by atoms with Gasteiger partial charge in [0.1, 0.15) is 5.75 Å². The second-order valence-corrected chi connectivity index (χ2v) is 7.37. The molecule has 0 atom stereocenters. The van der Waals surface area contributed by atoms with Crippen molar-refractivity contribution in [3.05, 3.63) is 54.1 Å². The van der Waals surface area contributed by atoms with Crippen molar-refractivity contribution in [2.24, 2.45) is 0 Å². The topological polar surface area (TPSA) is 44.8 Å². The molecule has 0 spiro atoms. The van der Waals surface area contributed by atoms with Crippen molar-refractivity contribution in [3.63, 3.8) is 0 Å². The Balaban J connectivity index is 1.58. The maximum atomic E-state index is 12.4. The largest absolute Gasteiger partial charge is 0.484 e. The van der Waals surface area contributed by atoms with E-state index >= 15 is 0 Å². The first-order valence-corrected chi connectivity index (χ1v) is 9.58. The zero-order valence-electron chi connectivity index (χ0n) is 16.4. The molecule has 1 aliphatic heterocycles. The van der Waals surface area contributed by atoms with Crippen molar-refractivity contribution in [1.29, 1.82) is 0 Å². The number of piperazine rings is 1. The highest BCUT2D eigenvalue weighted by Gasteiger charge is 2.17. The maximum Gasteiger partial charge on any atom is 0.262 e. The first-order chi connectivity index (χ1) is 13.0. The molecule has 1 heterocycles. The minimum Gasteiger partial charge on any atom is -0.484 e. The van der Waals surface area contributed by atoms with Gasteiger partial charge in [-0.25, -0.2) is 0 Å². The van der Waals surface area contributed by atoms with E-state index in [1.54, 1.807) is 0 Å². The Hall–Kier alpha value is -2.53. The molecule has 0 saturated carbocycles. The zero-order valence-corrected chi connectivity index (χ0v) is 16.4. The van der Waals surface area contributed by atoms with Crippen LogP contribution in [0.15, 0.2) is 48.5 Å². The molecule has 1 saturated heterocycles. The fourth-order valence-corrected chi connectivity index (χ4v) is 3.19. The van der Waals surface area contributed by atoms with Crippen molar-refractivity contribution < 1.29 is 9.53 Å². The van der Waals surface area contributed by atoms with Crippen molar-refractivity contribution in [2.45, 2.75) is 19.8 Å². The molecule has 1 amide bonds. The summed E-state index contributed by atoms with van der Waals surface area (Å²) in [5.41, 5.74) is 3.17. The van der Waals surface area contributed by atoms with Crippen LogP contribution in [0.2, 0.25) is 0 Å². The number of ether oxygens (including phenoxy) is 1. The molecule has 0 aliphatic carbocycles. The molecule has 1 N–H and O–H groups in total. The summed E-state index contributed by atoms with van der Waals surface area (Å²) < 4.78 is 5.64.